The topological polar surface area (TPSA) is 24.9 Å². The van der Waals surface area contributed by atoms with Crippen molar-refractivity contribution in [2.75, 3.05) is 6.54 Å². The van der Waals surface area contributed by atoms with Gasteiger partial charge in [0.2, 0.25) is 0 Å². The molecule has 1 rings (SSSR count). The molecule has 1 atom stereocenters. The van der Waals surface area contributed by atoms with E-state index >= 15 is 0 Å². The summed E-state index contributed by atoms with van der Waals surface area (Å²) in [6, 6.07) is -1.77. The molecule has 0 aliphatic rings. The van der Waals surface area contributed by atoms with Crippen molar-refractivity contribution in [1.29, 1.82) is 0 Å². The summed E-state index contributed by atoms with van der Waals surface area (Å²) >= 11 is 1.06. The van der Waals surface area contributed by atoms with E-state index in [1.807, 2.05) is 0 Å². The van der Waals surface area contributed by atoms with Crippen molar-refractivity contribution in [3.05, 3.63) is 16.1 Å². The summed E-state index contributed by atoms with van der Waals surface area (Å²) in [6.45, 7) is 3.39. The Morgan fingerprint density at radius 3 is 2.14 bits per heavy atom. The summed E-state index contributed by atoms with van der Waals surface area (Å²) in [6.07, 6.45) is -10.7. The highest BCUT2D eigenvalue weighted by Gasteiger charge is 2.60. The second-order valence-electron chi connectivity index (χ2n) is 4.71. The van der Waals surface area contributed by atoms with Crippen molar-refractivity contribution in [1.82, 2.24) is 10.3 Å². The molecule has 0 bridgehead atoms. The highest BCUT2D eigenvalue weighted by molar-refractivity contribution is 7.09. The SMILES string of the molecule is CCCNC(Cc1nc(C)cs1)C(C(F)(F)F)C(F)(F)F. The zero-order chi connectivity index (χ0) is 16.3. The van der Waals surface area contributed by atoms with Crippen LogP contribution in [0.2, 0.25) is 0 Å². The van der Waals surface area contributed by atoms with Gasteiger partial charge in [-0.1, -0.05) is 6.92 Å². The normalized spacial score (nSPS) is 14.7. The summed E-state index contributed by atoms with van der Waals surface area (Å²) in [5, 5.41) is 4.23. The van der Waals surface area contributed by atoms with Crippen LogP contribution in [-0.2, 0) is 6.42 Å². The summed E-state index contributed by atoms with van der Waals surface area (Å²) in [7, 11) is 0. The molecule has 1 unspecified atom stereocenters. The Bertz CT molecular complexity index is 426. The molecule has 2 nitrogen and oxygen atoms in total. The molecule has 9 heteroatoms. The van der Waals surface area contributed by atoms with Crippen LogP contribution in [0.5, 0.6) is 0 Å². The van der Waals surface area contributed by atoms with Crippen LogP contribution in [0, 0.1) is 12.8 Å². The fraction of sp³-hybridized carbons (Fsp3) is 0.750. The molecule has 0 aliphatic heterocycles. The van der Waals surface area contributed by atoms with E-state index in [9.17, 15) is 26.3 Å². The van der Waals surface area contributed by atoms with Crippen molar-refractivity contribution >= 4 is 11.3 Å². The predicted octanol–water partition coefficient (Wildman–Crippen LogP) is 4.10. The van der Waals surface area contributed by atoms with Crippen LogP contribution >= 0.6 is 11.3 Å². The van der Waals surface area contributed by atoms with E-state index in [2.05, 4.69) is 10.3 Å². The van der Waals surface area contributed by atoms with Gasteiger partial charge in [-0.2, -0.15) is 26.3 Å². The number of thiazole rings is 1. The average molecular weight is 334 g/mol. The largest absolute Gasteiger partial charge is 0.402 e. The molecule has 0 saturated heterocycles. The lowest BCUT2D eigenvalue weighted by molar-refractivity contribution is -0.291. The van der Waals surface area contributed by atoms with Crippen LogP contribution in [0.4, 0.5) is 26.3 Å². The number of aromatic nitrogens is 1. The van der Waals surface area contributed by atoms with E-state index in [4.69, 9.17) is 0 Å². The van der Waals surface area contributed by atoms with Gasteiger partial charge < -0.3 is 5.32 Å². The quantitative estimate of drug-likeness (QED) is 0.792. The van der Waals surface area contributed by atoms with Crippen LogP contribution in [0.25, 0.3) is 0 Å². The van der Waals surface area contributed by atoms with Gasteiger partial charge in [0.05, 0.1) is 5.01 Å². The number of hydrogen-bond donors (Lipinski definition) is 1. The Morgan fingerprint density at radius 1 is 1.19 bits per heavy atom. The average Bonchev–Trinajstić information content (AvgIpc) is 2.67. The van der Waals surface area contributed by atoms with E-state index in [0.717, 1.165) is 11.3 Å². The number of hydrogen-bond acceptors (Lipinski definition) is 3. The second-order valence-corrected chi connectivity index (χ2v) is 5.65. The molecular weight excluding hydrogens is 318 g/mol. The lowest BCUT2D eigenvalue weighted by Crippen LogP contribution is -2.52. The number of aryl methyl sites for hydroxylation is 1. The van der Waals surface area contributed by atoms with Crippen molar-refractivity contribution in [3.8, 4) is 0 Å². The maximum atomic E-state index is 12.8. The lowest BCUT2D eigenvalue weighted by atomic mass is 9.95. The molecule has 122 valence electrons. The van der Waals surface area contributed by atoms with Crippen LogP contribution in [0.15, 0.2) is 5.38 Å². The van der Waals surface area contributed by atoms with Crippen LogP contribution in [0.1, 0.15) is 24.0 Å². The summed E-state index contributed by atoms with van der Waals surface area (Å²) < 4.78 is 76.9. The van der Waals surface area contributed by atoms with Crippen molar-refractivity contribution < 1.29 is 26.3 Å². The minimum atomic E-state index is -5.35. The van der Waals surface area contributed by atoms with Gasteiger partial charge in [-0.3, -0.25) is 0 Å². The van der Waals surface area contributed by atoms with Gasteiger partial charge in [0.15, 0.2) is 5.92 Å². The fourth-order valence-corrected chi connectivity index (χ4v) is 2.80. The van der Waals surface area contributed by atoms with Gasteiger partial charge in [-0.15, -0.1) is 11.3 Å². The minimum Gasteiger partial charge on any atom is -0.313 e. The molecule has 1 aromatic rings. The monoisotopic (exact) mass is 334 g/mol. The first-order chi connectivity index (χ1) is 9.55. The van der Waals surface area contributed by atoms with Crippen LogP contribution < -0.4 is 5.32 Å². The van der Waals surface area contributed by atoms with Gasteiger partial charge >= 0.3 is 12.4 Å². The molecule has 1 aromatic heterocycles. The third kappa shape index (κ3) is 5.46. The van der Waals surface area contributed by atoms with Crippen LogP contribution in [-0.4, -0.2) is 29.9 Å². The van der Waals surface area contributed by atoms with Crippen LogP contribution in [0.3, 0.4) is 0 Å². The van der Waals surface area contributed by atoms with E-state index in [-0.39, 0.29) is 11.6 Å². The Hall–Kier alpha value is -0.830. The van der Waals surface area contributed by atoms with Gasteiger partial charge in [-0.25, -0.2) is 4.98 Å². The van der Waals surface area contributed by atoms with Gasteiger partial charge in [-0.05, 0) is 19.9 Å². The molecule has 0 fully saturated rings. The number of nitrogens with one attached hydrogen (secondary N) is 1. The molecule has 0 radical (unpaired) electrons. The molecule has 0 spiro atoms. The fourth-order valence-electron chi connectivity index (χ4n) is 1.96. The summed E-state index contributed by atoms with van der Waals surface area (Å²) in [5.74, 6) is -3.40. The predicted molar refractivity (Wildman–Crippen MR) is 68.2 cm³/mol. The summed E-state index contributed by atoms with van der Waals surface area (Å²) in [4.78, 5) is 3.95. The Kier molecular flexibility index (Phi) is 6.03. The van der Waals surface area contributed by atoms with E-state index in [0.29, 0.717) is 12.1 Å². The number of nitrogens with zero attached hydrogens (tertiary/aromatic N) is 1. The van der Waals surface area contributed by atoms with Crippen molar-refractivity contribution in [3.63, 3.8) is 0 Å². The number of alkyl halides is 6. The Labute approximate surface area is 122 Å². The van der Waals surface area contributed by atoms with Crippen molar-refractivity contribution in [2.45, 2.75) is 45.1 Å². The highest BCUT2D eigenvalue weighted by Crippen LogP contribution is 2.42. The third-order valence-electron chi connectivity index (χ3n) is 2.83. The van der Waals surface area contributed by atoms with Crippen molar-refractivity contribution in [2.24, 2.45) is 5.92 Å². The van der Waals surface area contributed by atoms with Gasteiger partial charge in [0.25, 0.3) is 0 Å². The Balaban J connectivity index is 3.02. The molecule has 0 amide bonds. The van der Waals surface area contributed by atoms with E-state index in [1.165, 1.54) is 0 Å². The molecule has 1 N–H and O–H groups in total. The lowest BCUT2D eigenvalue weighted by Gasteiger charge is -2.31. The van der Waals surface area contributed by atoms with Gasteiger partial charge in [0.1, 0.15) is 0 Å². The molecule has 0 aromatic carbocycles. The van der Waals surface area contributed by atoms with E-state index in [1.54, 1.807) is 19.2 Å². The smallest absolute Gasteiger partial charge is 0.313 e. The standard InChI is InChI=1S/C12H16F6N2S/c1-3-4-19-8(5-9-20-7(2)6-21-9)10(11(13,14)15)12(16,17)18/h6,8,10,19H,3-5H2,1-2H3. The van der Waals surface area contributed by atoms with E-state index < -0.39 is 30.7 Å². The minimum absolute atomic E-state index is 0.0810. The second kappa shape index (κ2) is 6.95. The zero-order valence-corrected chi connectivity index (χ0v) is 12.3. The Morgan fingerprint density at radius 2 is 1.76 bits per heavy atom. The third-order valence-corrected chi connectivity index (χ3v) is 3.81. The first-order valence-electron chi connectivity index (χ1n) is 6.33. The van der Waals surface area contributed by atoms with Gasteiger partial charge in [0, 0.05) is 23.5 Å². The molecule has 0 saturated carbocycles. The molecule has 1 heterocycles. The zero-order valence-electron chi connectivity index (χ0n) is 11.5. The number of halogens is 6. The molecular formula is C12H16F6N2S. The molecule has 0 aliphatic carbocycles. The number of rotatable bonds is 6. The first-order valence-corrected chi connectivity index (χ1v) is 7.21. The maximum absolute atomic E-state index is 12.8. The highest BCUT2D eigenvalue weighted by atomic mass is 32.1. The summed E-state index contributed by atoms with van der Waals surface area (Å²) in [5.41, 5.74) is 0.583. The molecule has 21 heavy (non-hydrogen) atoms. The maximum Gasteiger partial charge on any atom is 0.402 e. The first kappa shape index (κ1) is 18.2.